The van der Waals surface area contributed by atoms with Gasteiger partial charge in [0.25, 0.3) is 0 Å². The van der Waals surface area contributed by atoms with Crippen molar-refractivity contribution in [1.29, 1.82) is 0 Å². The maximum atomic E-state index is 6.05. The Bertz CT molecular complexity index is 272. The highest BCUT2D eigenvalue weighted by Crippen LogP contribution is 2.41. The molecule has 3 fully saturated rings. The quantitative estimate of drug-likeness (QED) is 0.757. The molecule has 0 bridgehead atoms. The first-order valence-electron chi connectivity index (χ1n) is 7.37. The van der Waals surface area contributed by atoms with E-state index < -0.39 is 0 Å². The monoisotopic (exact) mass is 255 g/mol. The number of hydrogen-bond acceptors (Lipinski definition) is 4. The van der Waals surface area contributed by atoms with Crippen molar-refractivity contribution in [3.05, 3.63) is 0 Å². The predicted molar refractivity (Wildman–Crippen MR) is 68.7 cm³/mol. The van der Waals surface area contributed by atoms with Crippen LogP contribution in [-0.4, -0.2) is 62.7 Å². The summed E-state index contributed by atoms with van der Waals surface area (Å²) in [6.45, 7) is 8.74. The van der Waals surface area contributed by atoms with E-state index in [4.69, 9.17) is 14.2 Å². The summed E-state index contributed by atoms with van der Waals surface area (Å²) in [5.74, 6) is 0.605. The van der Waals surface area contributed by atoms with Gasteiger partial charge in [0.2, 0.25) is 0 Å². The Morgan fingerprint density at radius 3 is 2.67 bits per heavy atom. The molecule has 0 unspecified atom stereocenters. The van der Waals surface area contributed by atoms with Crippen LogP contribution >= 0.6 is 0 Å². The summed E-state index contributed by atoms with van der Waals surface area (Å²) < 4.78 is 17.1. The van der Waals surface area contributed by atoms with E-state index in [1.807, 2.05) is 0 Å². The van der Waals surface area contributed by atoms with Crippen LogP contribution in [-0.2, 0) is 14.2 Å². The minimum Gasteiger partial charge on any atom is -0.381 e. The molecule has 0 aromatic carbocycles. The van der Waals surface area contributed by atoms with Gasteiger partial charge in [-0.1, -0.05) is 0 Å². The summed E-state index contributed by atoms with van der Waals surface area (Å²) in [6, 6.07) is 0.723. The number of rotatable bonds is 4. The lowest BCUT2D eigenvalue weighted by Gasteiger charge is -2.54. The van der Waals surface area contributed by atoms with E-state index in [-0.39, 0.29) is 5.60 Å². The number of nitrogens with zero attached hydrogens (tertiary/aromatic N) is 1. The summed E-state index contributed by atoms with van der Waals surface area (Å²) in [6.07, 6.45) is 3.54. The van der Waals surface area contributed by atoms with Gasteiger partial charge >= 0.3 is 0 Å². The highest BCUT2D eigenvalue weighted by Gasteiger charge is 2.54. The van der Waals surface area contributed by atoms with E-state index >= 15 is 0 Å². The summed E-state index contributed by atoms with van der Waals surface area (Å²) in [5.41, 5.74) is 0.119. The van der Waals surface area contributed by atoms with Crippen molar-refractivity contribution in [3.63, 3.8) is 0 Å². The van der Waals surface area contributed by atoms with Crippen molar-refractivity contribution in [2.75, 3.05) is 46.1 Å². The van der Waals surface area contributed by atoms with E-state index in [0.717, 1.165) is 52.2 Å². The van der Waals surface area contributed by atoms with Gasteiger partial charge in [-0.15, -0.1) is 0 Å². The van der Waals surface area contributed by atoms with Crippen LogP contribution in [0.2, 0.25) is 0 Å². The first-order chi connectivity index (χ1) is 8.84. The fourth-order valence-electron chi connectivity index (χ4n) is 3.58. The standard InChI is InChI=1S/C14H25NO3/c1-2-16-9-12-3-8-18-14(12)10-15(11-14)13-4-6-17-7-5-13/h12-13H,2-11H2,1H3/t12-/m0/s1. The van der Waals surface area contributed by atoms with Crippen LogP contribution in [0.4, 0.5) is 0 Å². The van der Waals surface area contributed by atoms with Crippen LogP contribution in [0.3, 0.4) is 0 Å². The van der Waals surface area contributed by atoms with E-state index in [1.165, 1.54) is 19.3 Å². The highest BCUT2D eigenvalue weighted by molar-refractivity contribution is 5.06. The van der Waals surface area contributed by atoms with Gasteiger partial charge < -0.3 is 14.2 Å². The molecule has 3 aliphatic rings. The molecule has 104 valence electrons. The Morgan fingerprint density at radius 2 is 1.94 bits per heavy atom. The van der Waals surface area contributed by atoms with Crippen LogP contribution in [0.1, 0.15) is 26.2 Å². The third-order valence-electron chi connectivity index (χ3n) is 4.77. The molecule has 4 heteroatoms. The van der Waals surface area contributed by atoms with Crippen molar-refractivity contribution in [3.8, 4) is 0 Å². The lowest BCUT2D eigenvalue weighted by atomic mass is 9.79. The molecule has 3 rings (SSSR count). The minimum atomic E-state index is 0.119. The van der Waals surface area contributed by atoms with Crippen LogP contribution in [0.15, 0.2) is 0 Å². The first-order valence-corrected chi connectivity index (χ1v) is 7.37. The van der Waals surface area contributed by atoms with Crippen molar-refractivity contribution in [2.24, 2.45) is 5.92 Å². The van der Waals surface area contributed by atoms with Gasteiger partial charge in [-0.3, -0.25) is 4.90 Å². The van der Waals surface area contributed by atoms with Gasteiger partial charge in [0, 0.05) is 51.5 Å². The molecule has 1 atom stereocenters. The number of hydrogen-bond donors (Lipinski definition) is 0. The number of ether oxygens (including phenoxy) is 3. The van der Waals surface area contributed by atoms with Crippen LogP contribution < -0.4 is 0 Å². The summed E-state index contributed by atoms with van der Waals surface area (Å²) in [7, 11) is 0. The van der Waals surface area contributed by atoms with Crippen molar-refractivity contribution < 1.29 is 14.2 Å². The Morgan fingerprint density at radius 1 is 1.17 bits per heavy atom. The van der Waals surface area contributed by atoms with Gasteiger partial charge in [-0.25, -0.2) is 0 Å². The summed E-state index contributed by atoms with van der Waals surface area (Å²) in [4.78, 5) is 2.59. The average molecular weight is 255 g/mol. The Hall–Kier alpha value is -0.160. The molecule has 18 heavy (non-hydrogen) atoms. The van der Waals surface area contributed by atoms with E-state index in [2.05, 4.69) is 11.8 Å². The van der Waals surface area contributed by atoms with E-state index in [1.54, 1.807) is 0 Å². The molecule has 0 saturated carbocycles. The third kappa shape index (κ3) is 2.31. The minimum absolute atomic E-state index is 0.119. The molecule has 3 saturated heterocycles. The number of likely N-dealkylation sites (tertiary alicyclic amines) is 1. The molecular weight excluding hydrogens is 230 g/mol. The summed E-state index contributed by atoms with van der Waals surface area (Å²) in [5, 5.41) is 0. The van der Waals surface area contributed by atoms with E-state index in [0.29, 0.717) is 5.92 Å². The molecule has 0 aliphatic carbocycles. The third-order valence-corrected chi connectivity index (χ3v) is 4.77. The zero-order chi connectivity index (χ0) is 12.4. The van der Waals surface area contributed by atoms with Crippen molar-refractivity contribution in [2.45, 2.75) is 37.8 Å². The Balaban J connectivity index is 1.52. The largest absolute Gasteiger partial charge is 0.381 e. The molecule has 4 nitrogen and oxygen atoms in total. The molecule has 0 amide bonds. The molecule has 3 aliphatic heterocycles. The van der Waals surface area contributed by atoms with Gasteiger partial charge in [-0.2, -0.15) is 0 Å². The van der Waals surface area contributed by atoms with Gasteiger partial charge in [-0.05, 0) is 26.2 Å². The SMILES string of the molecule is CCOC[C@@H]1CCOC12CN(C1CCOCC1)C2. The maximum Gasteiger partial charge on any atom is 0.0985 e. The normalized spacial score (nSPS) is 32.8. The first kappa shape index (κ1) is 12.9. The Kier molecular flexibility index (Phi) is 3.89. The Labute approximate surface area is 110 Å². The fourth-order valence-corrected chi connectivity index (χ4v) is 3.58. The van der Waals surface area contributed by atoms with Crippen molar-refractivity contribution in [1.82, 2.24) is 4.90 Å². The molecule has 0 radical (unpaired) electrons. The second-order valence-electron chi connectivity index (χ2n) is 5.81. The van der Waals surface area contributed by atoms with Gasteiger partial charge in [0.05, 0.1) is 12.2 Å². The molecule has 0 N–H and O–H groups in total. The molecule has 0 aromatic rings. The zero-order valence-corrected chi connectivity index (χ0v) is 11.4. The van der Waals surface area contributed by atoms with E-state index in [9.17, 15) is 0 Å². The second kappa shape index (κ2) is 5.45. The fraction of sp³-hybridized carbons (Fsp3) is 1.00. The summed E-state index contributed by atoms with van der Waals surface area (Å²) >= 11 is 0. The highest BCUT2D eigenvalue weighted by atomic mass is 16.5. The molecular formula is C14H25NO3. The lowest BCUT2D eigenvalue weighted by molar-refractivity contribution is -0.163. The predicted octanol–water partition coefficient (Wildman–Crippen LogP) is 1.29. The van der Waals surface area contributed by atoms with Crippen molar-refractivity contribution >= 4 is 0 Å². The van der Waals surface area contributed by atoms with Gasteiger partial charge in [0.1, 0.15) is 0 Å². The van der Waals surface area contributed by atoms with Crippen LogP contribution in [0.25, 0.3) is 0 Å². The lowest BCUT2D eigenvalue weighted by Crippen LogP contribution is -2.68. The van der Waals surface area contributed by atoms with Crippen LogP contribution in [0.5, 0.6) is 0 Å². The maximum absolute atomic E-state index is 6.05. The van der Waals surface area contributed by atoms with Gasteiger partial charge in [0.15, 0.2) is 0 Å². The second-order valence-corrected chi connectivity index (χ2v) is 5.81. The average Bonchev–Trinajstić information content (AvgIpc) is 2.79. The molecule has 1 spiro atoms. The molecule has 0 aromatic heterocycles. The topological polar surface area (TPSA) is 30.9 Å². The van der Waals surface area contributed by atoms with Crippen LogP contribution in [0, 0.1) is 5.92 Å². The zero-order valence-electron chi connectivity index (χ0n) is 11.4. The smallest absolute Gasteiger partial charge is 0.0985 e. The molecule has 3 heterocycles.